The third kappa shape index (κ3) is 4.61. The van der Waals surface area contributed by atoms with E-state index in [0.29, 0.717) is 11.3 Å². The van der Waals surface area contributed by atoms with Crippen LogP contribution in [0.1, 0.15) is 15.9 Å². The maximum Gasteiger partial charge on any atom is 0.387 e. The van der Waals surface area contributed by atoms with Crippen LogP contribution in [0.15, 0.2) is 85.1 Å². The molecule has 4 rings (SSSR count). The largest absolute Gasteiger partial charge is 0.433 e. The number of aromatic nitrogens is 2. The van der Waals surface area contributed by atoms with Crippen molar-refractivity contribution in [3.63, 3.8) is 0 Å². The van der Waals surface area contributed by atoms with Gasteiger partial charge in [0.2, 0.25) is 0 Å². The average molecular weight is 419 g/mol. The van der Waals surface area contributed by atoms with Crippen molar-refractivity contribution in [1.29, 1.82) is 0 Å². The van der Waals surface area contributed by atoms with E-state index in [9.17, 15) is 13.6 Å². The number of halogens is 2. The Morgan fingerprint density at radius 3 is 2.35 bits per heavy atom. The zero-order valence-electron chi connectivity index (χ0n) is 16.6. The van der Waals surface area contributed by atoms with Crippen LogP contribution in [0, 0.1) is 6.92 Å². The fraction of sp³-hybridized carbons (Fsp3) is 0.0833. The Balaban J connectivity index is 1.74. The van der Waals surface area contributed by atoms with Crippen molar-refractivity contribution in [2.75, 3.05) is 5.32 Å². The second-order valence-corrected chi connectivity index (χ2v) is 6.87. The molecule has 4 aromatic rings. The third-order valence-electron chi connectivity index (χ3n) is 4.63. The summed E-state index contributed by atoms with van der Waals surface area (Å²) in [5.74, 6) is -0.580. The maximum absolute atomic E-state index is 13.2. The van der Waals surface area contributed by atoms with Gasteiger partial charge in [0.15, 0.2) is 0 Å². The molecule has 1 amide bonds. The zero-order chi connectivity index (χ0) is 21.8. The van der Waals surface area contributed by atoms with E-state index in [1.807, 2.05) is 60.7 Å². The van der Waals surface area contributed by atoms with E-state index >= 15 is 0 Å². The van der Waals surface area contributed by atoms with Crippen LogP contribution in [0.5, 0.6) is 5.75 Å². The van der Waals surface area contributed by atoms with E-state index in [1.165, 1.54) is 12.1 Å². The molecule has 0 aliphatic carbocycles. The van der Waals surface area contributed by atoms with E-state index in [4.69, 9.17) is 0 Å². The smallest absolute Gasteiger partial charge is 0.387 e. The highest BCUT2D eigenvalue weighted by Gasteiger charge is 2.20. The van der Waals surface area contributed by atoms with Crippen molar-refractivity contribution < 1.29 is 18.3 Å². The second-order valence-electron chi connectivity index (χ2n) is 6.87. The minimum absolute atomic E-state index is 0.0972. The van der Waals surface area contributed by atoms with Gasteiger partial charge in [-0.05, 0) is 36.8 Å². The number of carbonyl (C=O) groups is 1. The molecular weight excluding hydrogens is 400 g/mol. The van der Waals surface area contributed by atoms with Gasteiger partial charge in [0, 0.05) is 11.8 Å². The Morgan fingerprint density at radius 1 is 1.00 bits per heavy atom. The molecule has 0 radical (unpaired) electrons. The molecule has 1 N–H and O–H groups in total. The first-order valence-corrected chi connectivity index (χ1v) is 9.58. The molecule has 7 heteroatoms. The van der Waals surface area contributed by atoms with Gasteiger partial charge in [0.25, 0.3) is 5.91 Å². The Hall–Kier alpha value is -4.00. The summed E-state index contributed by atoms with van der Waals surface area (Å²) in [6.07, 6.45) is 1.62. The Bertz CT molecular complexity index is 1190. The number of amides is 1. The lowest BCUT2D eigenvalue weighted by Gasteiger charge is -2.12. The van der Waals surface area contributed by atoms with Crippen LogP contribution in [0.4, 0.5) is 14.5 Å². The van der Waals surface area contributed by atoms with E-state index in [1.54, 1.807) is 23.9 Å². The summed E-state index contributed by atoms with van der Waals surface area (Å²) in [5, 5.41) is 7.29. The van der Waals surface area contributed by atoms with E-state index in [0.717, 1.165) is 16.8 Å². The standard InChI is InChI=1S/C24H19F2N3O2/c1-16-12-13-20(21(14-16)31-24(25)26)27-23(30)19-15-29(18-10-6-3-7-11-18)28-22(19)17-8-4-2-5-9-17/h2-15,24H,1H3,(H,27,30). The quantitative estimate of drug-likeness (QED) is 0.436. The molecule has 156 valence electrons. The number of nitrogens with one attached hydrogen (secondary N) is 1. The van der Waals surface area contributed by atoms with E-state index < -0.39 is 12.5 Å². The van der Waals surface area contributed by atoms with Crippen molar-refractivity contribution in [2.24, 2.45) is 0 Å². The number of nitrogens with zero attached hydrogens (tertiary/aromatic N) is 2. The molecule has 0 spiro atoms. The van der Waals surface area contributed by atoms with Crippen LogP contribution < -0.4 is 10.1 Å². The van der Waals surface area contributed by atoms with Crippen molar-refractivity contribution in [1.82, 2.24) is 9.78 Å². The predicted molar refractivity (Wildman–Crippen MR) is 115 cm³/mol. The molecule has 1 aromatic heterocycles. The Kier molecular flexibility index (Phi) is 5.75. The van der Waals surface area contributed by atoms with Gasteiger partial charge in [-0.2, -0.15) is 13.9 Å². The Morgan fingerprint density at radius 2 is 1.68 bits per heavy atom. The number of hydrogen-bond donors (Lipinski definition) is 1. The molecule has 1 heterocycles. The number of benzene rings is 3. The number of ether oxygens (including phenoxy) is 1. The van der Waals surface area contributed by atoms with Crippen molar-refractivity contribution in [3.05, 3.63) is 96.2 Å². The van der Waals surface area contributed by atoms with Crippen molar-refractivity contribution in [2.45, 2.75) is 13.5 Å². The summed E-state index contributed by atoms with van der Waals surface area (Å²) in [6, 6.07) is 23.4. The summed E-state index contributed by atoms with van der Waals surface area (Å²) >= 11 is 0. The summed E-state index contributed by atoms with van der Waals surface area (Å²) in [4.78, 5) is 13.2. The summed E-state index contributed by atoms with van der Waals surface area (Å²) < 4.78 is 31.8. The molecule has 0 saturated heterocycles. The fourth-order valence-electron chi connectivity index (χ4n) is 3.18. The van der Waals surface area contributed by atoms with Gasteiger partial charge in [-0.1, -0.05) is 54.6 Å². The molecule has 0 aliphatic heterocycles. The molecule has 5 nitrogen and oxygen atoms in total. The lowest BCUT2D eigenvalue weighted by atomic mass is 10.1. The number of carbonyl (C=O) groups excluding carboxylic acids is 1. The number of anilines is 1. The van der Waals surface area contributed by atoms with Crippen molar-refractivity contribution >= 4 is 11.6 Å². The van der Waals surface area contributed by atoms with Gasteiger partial charge in [-0.3, -0.25) is 4.79 Å². The third-order valence-corrected chi connectivity index (χ3v) is 4.63. The van der Waals surface area contributed by atoms with E-state index in [-0.39, 0.29) is 11.4 Å². The number of hydrogen-bond acceptors (Lipinski definition) is 3. The van der Waals surface area contributed by atoms with Crippen LogP contribution >= 0.6 is 0 Å². The molecule has 0 aliphatic rings. The number of rotatable bonds is 6. The van der Waals surface area contributed by atoms with Crippen LogP contribution in [-0.4, -0.2) is 22.3 Å². The SMILES string of the molecule is Cc1ccc(NC(=O)c2cn(-c3ccccc3)nc2-c2ccccc2)c(OC(F)F)c1. The van der Waals surface area contributed by atoms with Gasteiger partial charge >= 0.3 is 6.61 Å². The fourth-order valence-corrected chi connectivity index (χ4v) is 3.18. The predicted octanol–water partition coefficient (Wildman–Crippen LogP) is 5.70. The molecule has 0 saturated carbocycles. The first-order valence-electron chi connectivity index (χ1n) is 9.58. The lowest BCUT2D eigenvalue weighted by Crippen LogP contribution is -2.14. The Labute approximate surface area is 177 Å². The number of alkyl halides is 2. The highest BCUT2D eigenvalue weighted by atomic mass is 19.3. The molecule has 31 heavy (non-hydrogen) atoms. The first kappa shape index (κ1) is 20.3. The van der Waals surface area contributed by atoms with Crippen LogP contribution in [-0.2, 0) is 0 Å². The molecule has 3 aromatic carbocycles. The normalized spacial score (nSPS) is 10.8. The van der Waals surface area contributed by atoms with Crippen LogP contribution in [0.3, 0.4) is 0 Å². The zero-order valence-corrected chi connectivity index (χ0v) is 16.6. The highest BCUT2D eigenvalue weighted by Crippen LogP contribution is 2.30. The van der Waals surface area contributed by atoms with E-state index in [2.05, 4.69) is 15.2 Å². The highest BCUT2D eigenvalue weighted by molar-refractivity contribution is 6.08. The van der Waals surface area contributed by atoms with Gasteiger partial charge in [-0.15, -0.1) is 0 Å². The molecular formula is C24H19F2N3O2. The lowest BCUT2D eigenvalue weighted by molar-refractivity contribution is -0.0494. The van der Waals surface area contributed by atoms with Gasteiger partial charge < -0.3 is 10.1 Å². The summed E-state index contributed by atoms with van der Waals surface area (Å²) in [7, 11) is 0. The second kappa shape index (κ2) is 8.79. The first-order chi connectivity index (χ1) is 15.0. The maximum atomic E-state index is 13.2. The molecule has 0 bridgehead atoms. The summed E-state index contributed by atoms with van der Waals surface area (Å²) in [6.45, 7) is -1.25. The monoisotopic (exact) mass is 419 g/mol. The van der Waals surface area contributed by atoms with Crippen LogP contribution in [0.2, 0.25) is 0 Å². The average Bonchev–Trinajstić information content (AvgIpc) is 3.22. The summed E-state index contributed by atoms with van der Waals surface area (Å²) in [5.41, 5.74) is 3.22. The van der Waals surface area contributed by atoms with Gasteiger partial charge in [0.05, 0.1) is 16.9 Å². The molecule has 0 unspecified atom stereocenters. The van der Waals surface area contributed by atoms with Gasteiger partial charge in [-0.25, -0.2) is 4.68 Å². The molecule has 0 atom stereocenters. The number of para-hydroxylation sites is 1. The topological polar surface area (TPSA) is 56.2 Å². The minimum Gasteiger partial charge on any atom is -0.433 e. The number of aryl methyl sites for hydroxylation is 1. The van der Waals surface area contributed by atoms with Crippen molar-refractivity contribution in [3.8, 4) is 22.7 Å². The van der Waals surface area contributed by atoms with Crippen LogP contribution in [0.25, 0.3) is 16.9 Å². The van der Waals surface area contributed by atoms with Gasteiger partial charge in [0.1, 0.15) is 11.4 Å². The molecule has 0 fully saturated rings. The minimum atomic E-state index is -3.00.